The summed E-state index contributed by atoms with van der Waals surface area (Å²) in [6.07, 6.45) is 5.30. The first kappa shape index (κ1) is 14.8. The van der Waals surface area contributed by atoms with Gasteiger partial charge in [-0.1, -0.05) is 24.3 Å². The van der Waals surface area contributed by atoms with Crippen LogP contribution in [0.1, 0.15) is 11.1 Å². The molecule has 1 aromatic carbocycles. The van der Waals surface area contributed by atoms with Crippen molar-refractivity contribution in [2.24, 2.45) is 5.10 Å². The molecule has 1 N–H and O–H groups in total. The number of nitrogens with zero attached hydrogens (tertiary/aromatic N) is 3. The summed E-state index contributed by atoms with van der Waals surface area (Å²) in [4.78, 5) is 24.4. The van der Waals surface area contributed by atoms with Gasteiger partial charge in [-0.25, -0.2) is 4.79 Å². The summed E-state index contributed by atoms with van der Waals surface area (Å²) in [5.41, 5.74) is 2.32. The predicted octanol–water partition coefficient (Wildman–Crippen LogP) is 1.54. The van der Waals surface area contributed by atoms with Crippen LogP contribution in [-0.2, 0) is 9.59 Å². The molecule has 0 spiro atoms. The summed E-state index contributed by atoms with van der Waals surface area (Å²) < 4.78 is 0. The number of aliphatic carboxylic acids is 1. The van der Waals surface area contributed by atoms with Crippen LogP contribution in [0.5, 0.6) is 0 Å². The summed E-state index contributed by atoms with van der Waals surface area (Å²) in [7, 11) is 0. The number of para-hydroxylation sites is 1. The van der Waals surface area contributed by atoms with Gasteiger partial charge in [0, 0.05) is 6.21 Å². The standard InChI is InChI=1S/C15H17N3O3/c1-11-6-5-7-12(2)13(11)18(14(19)15(20)21)10-17-9-4-3-8-16-17/h3-8H,9-10H2,1-2H3,(H,20,21). The summed E-state index contributed by atoms with van der Waals surface area (Å²) in [6, 6.07) is 5.58. The van der Waals surface area contributed by atoms with Gasteiger partial charge in [0.25, 0.3) is 0 Å². The lowest BCUT2D eigenvalue weighted by molar-refractivity contribution is -0.149. The largest absolute Gasteiger partial charge is 0.474 e. The van der Waals surface area contributed by atoms with Gasteiger partial charge in [0.1, 0.15) is 6.67 Å². The molecule has 0 aromatic heterocycles. The number of rotatable bonds is 3. The van der Waals surface area contributed by atoms with Crippen LogP contribution in [0.2, 0.25) is 0 Å². The van der Waals surface area contributed by atoms with Crippen molar-refractivity contribution in [3.8, 4) is 0 Å². The van der Waals surface area contributed by atoms with Gasteiger partial charge in [0.15, 0.2) is 0 Å². The number of anilines is 1. The lowest BCUT2D eigenvalue weighted by atomic mass is 10.1. The summed E-state index contributed by atoms with van der Waals surface area (Å²) >= 11 is 0. The number of allylic oxidation sites excluding steroid dienone is 1. The second-order valence-corrected chi connectivity index (χ2v) is 4.80. The quantitative estimate of drug-likeness (QED) is 0.856. The minimum absolute atomic E-state index is 0.0949. The molecule has 1 aliphatic heterocycles. The van der Waals surface area contributed by atoms with Gasteiger partial charge < -0.3 is 5.11 Å². The Labute approximate surface area is 123 Å². The molecule has 0 aliphatic carbocycles. The molecule has 1 aliphatic rings. The van der Waals surface area contributed by atoms with E-state index in [-0.39, 0.29) is 6.67 Å². The Balaban J connectivity index is 2.36. The number of aryl methyl sites for hydroxylation is 2. The van der Waals surface area contributed by atoms with E-state index >= 15 is 0 Å². The van der Waals surface area contributed by atoms with Crippen LogP contribution in [0, 0.1) is 13.8 Å². The highest BCUT2D eigenvalue weighted by atomic mass is 16.4. The molecule has 2 rings (SSSR count). The molecule has 6 heteroatoms. The fourth-order valence-electron chi connectivity index (χ4n) is 2.26. The number of amides is 1. The number of carbonyl (C=O) groups excluding carboxylic acids is 1. The lowest BCUT2D eigenvalue weighted by Crippen LogP contribution is -2.44. The van der Waals surface area contributed by atoms with E-state index in [9.17, 15) is 9.59 Å². The Kier molecular flexibility index (Phi) is 4.37. The highest BCUT2D eigenvalue weighted by Gasteiger charge is 2.26. The molecule has 0 unspecified atom stereocenters. The van der Waals surface area contributed by atoms with E-state index in [0.717, 1.165) is 11.1 Å². The van der Waals surface area contributed by atoms with Crippen molar-refractivity contribution in [2.45, 2.75) is 13.8 Å². The van der Waals surface area contributed by atoms with E-state index < -0.39 is 11.9 Å². The van der Waals surface area contributed by atoms with Gasteiger partial charge >= 0.3 is 11.9 Å². The highest BCUT2D eigenvalue weighted by molar-refractivity contribution is 6.37. The average Bonchev–Trinajstić information content (AvgIpc) is 2.46. The molecule has 6 nitrogen and oxygen atoms in total. The summed E-state index contributed by atoms with van der Waals surface area (Å²) in [6.45, 7) is 4.33. The molecular formula is C15H17N3O3. The predicted molar refractivity (Wildman–Crippen MR) is 80.2 cm³/mol. The molecule has 110 valence electrons. The molecule has 1 amide bonds. The zero-order valence-corrected chi connectivity index (χ0v) is 12.0. The Morgan fingerprint density at radius 2 is 2.00 bits per heavy atom. The van der Waals surface area contributed by atoms with Gasteiger partial charge in [0.2, 0.25) is 0 Å². The van der Waals surface area contributed by atoms with E-state index in [1.165, 1.54) is 4.90 Å². The first-order valence-corrected chi connectivity index (χ1v) is 6.55. The van der Waals surface area contributed by atoms with Crippen LogP contribution >= 0.6 is 0 Å². The minimum Gasteiger partial charge on any atom is -0.474 e. The third kappa shape index (κ3) is 3.28. The summed E-state index contributed by atoms with van der Waals surface area (Å²) in [5, 5.41) is 14.8. The molecule has 0 bridgehead atoms. The third-order valence-electron chi connectivity index (χ3n) is 3.21. The first-order chi connectivity index (χ1) is 10.0. The number of carbonyl (C=O) groups is 2. The Bertz CT molecular complexity index is 602. The maximum absolute atomic E-state index is 12.1. The van der Waals surface area contributed by atoms with Crippen LogP contribution in [0.15, 0.2) is 35.5 Å². The Morgan fingerprint density at radius 3 is 2.52 bits per heavy atom. The molecule has 0 saturated heterocycles. The van der Waals surface area contributed by atoms with Crippen molar-refractivity contribution in [2.75, 3.05) is 18.1 Å². The molecule has 1 aromatic rings. The molecule has 0 radical (unpaired) electrons. The van der Waals surface area contributed by atoms with Crippen LogP contribution in [0.4, 0.5) is 5.69 Å². The lowest BCUT2D eigenvalue weighted by Gasteiger charge is -2.30. The average molecular weight is 287 g/mol. The van der Waals surface area contributed by atoms with Gasteiger partial charge in [-0.3, -0.25) is 14.7 Å². The van der Waals surface area contributed by atoms with Crippen LogP contribution < -0.4 is 4.90 Å². The monoisotopic (exact) mass is 287 g/mol. The molecule has 1 heterocycles. The normalized spacial score (nSPS) is 13.3. The molecule has 0 atom stereocenters. The first-order valence-electron chi connectivity index (χ1n) is 6.55. The molecule has 21 heavy (non-hydrogen) atoms. The maximum atomic E-state index is 12.1. The van der Waals surface area contributed by atoms with Crippen molar-refractivity contribution >= 4 is 23.8 Å². The second-order valence-electron chi connectivity index (χ2n) is 4.80. The van der Waals surface area contributed by atoms with E-state index in [2.05, 4.69) is 5.10 Å². The number of hydrazone groups is 1. The zero-order valence-electron chi connectivity index (χ0n) is 12.0. The number of hydrogen-bond donors (Lipinski definition) is 1. The number of hydrogen-bond acceptors (Lipinski definition) is 4. The van der Waals surface area contributed by atoms with Crippen molar-refractivity contribution in [1.29, 1.82) is 0 Å². The van der Waals surface area contributed by atoms with Crippen molar-refractivity contribution in [3.05, 3.63) is 41.5 Å². The fraction of sp³-hybridized carbons (Fsp3) is 0.267. The number of carboxylic acids is 1. The smallest absolute Gasteiger partial charge is 0.395 e. The van der Waals surface area contributed by atoms with E-state index in [1.807, 2.05) is 38.1 Å². The van der Waals surface area contributed by atoms with E-state index in [0.29, 0.717) is 12.2 Å². The highest BCUT2D eigenvalue weighted by Crippen LogP contribution is 2.25. The fourth-order valence-corrected chi connectivity index (χ4v) is 2.26. The second kappa shape index (κ2) is 6.21. The van der Waals surface area contributed by atoms with E-state index in [1.54, 1.807) is 17.3 Å². The van der Waals surface area contributed by atoms with Gasteiger partial charge in [-0.2, -0.15) is 5.10 Å². The topological polar surface area (TPSA) is 73.2 Å². The van der Waals surface area contributed by atoms with Gasteiger partial charge in [-0.05, 0) is 31.1 Å². The van der Waals surface area contributed by atoms with Crippen molar-refractivity contribution in [3.63, 3.8) is 0 Å². The third-order valence-corrected chi connectivity index (χ3v) is 3.21. The van der Waals surface area contributed by atoms with Gasteiger partial charge in [0.05, 0.1) is 12.2 Å². The Hall–Kier alpha value is -2.63. The van der Waals surface area contributed by atoms with Crippen molar-refractivity contribution in [1.82, 2.24) is 5.01 Å². The summed E-state index contributed by atoms with van der Waals surface area (Å²) in [5.74, 6) is -2.44. The van der Waals surface area contributed by atoms with Crippen LogP contribution in [-0.4, -0.2) is 41.4 Å². The van der Waals surface area contributed by atoms with Gasteiger partial charge in [-0.15, -0.1) is 0 Å². The number of carboxylic acid groups (broad SMARTS) is 1. The SMILES string of the molecule is Cc1cccc(C)c1N(CN1CC=CC=N1)C(=O)C(=O)O. The van der Waals surface area contributed by atoms with Crippen LogP contribution in [0.3, 0.4) is 0 Å². The van der Waals surface area contributed by atoms with Crippen molar-refractivity contribution < 1.29 is 14.7 Å². The Morgan fingerprint density at radius 1 is 1.33 bits per heavy atom. The molecular weight excluding hydrogens is 270 g/mol. The minimum atomic E-state index is -1.48. The zero-order chi connectivity index (χ0) is 15.4. The van der Waals surface area contributed by atoms with Crippen LogP contribution in [0.25, 0.3) is 0 Å². The molecule has 0 fully saturated rings. The molecule has 0 saturated carbocycles. The maximum Gasteiger partial charge on any atom is 0.395 e. The van der Waals surface area contributed by atoms with E-state index in [4.69, 9.17) is 5.11 Å². The number of benzene rings is 1.